The number of rotatable bonds is 4. The van der Waals surface area contributed by atoms with Gasteiger partial charge < -0.3 is 24.1 Å². The van der Waals surface area contributed by atoms with Crippen LogP contribution in [-0.2, 0) is 14.3 Å². The molecular weight excluding hydrogens is 330 g/mol. The molecule has 0 radical (unpaired) electrons. The Morgan fingerprint density at radius 2 is 1.92 bits per heavy atom. The molecule has 1 aromatic carbocycles. The molecule has 1 saturated heterocycles. The Bertz CT molecular complexity index is 653. The fraction of sp³-hybridized carbons (Fsp3) is 0.529. The molecule has 138 valence electrons. The van der Waals surface area contributed by atoms with Gasteiger partial charge in [0.25, 0.3) is 0 Å². The molecular formula is C17H23NO7. The fourth-order valence-electron chi connectivity index (χ4n) is 2.44. The van der Waals surface area contributed by atoms with Crippen molar-refractivity contribution in [2.24, 2.45) is 0 Å². The summed E-state index contributed by atoms with van der Waals surface area (Å²) in [6.07, 6.45) is -2.74. The van der Waals surface area contributed by atoms with Crippen LogP contribution < -0.4 is 9.47 Å². The molecule has 1 N–H and O–H groups in total. The zero-order valence-corrected chi connectivity index (χ0v) is 14.9. The Morgan fingerprint density at radius 1 is 1.24 bits per heavy atom. The van der Waals surface area contributed by atoms with Crippen molar-refractivity contribution in [1.82, 2.24) is 4.90 Å². The first-order valence-electron chi connectivity index (χ1n) is 7.76. The van der Waals surface area contributed by atoms with E-state index in [1.54, 1.807) is 39.0 Å². The maximum Gasteiger partial charge on any atom is 0.412 e. The Morgan fingerprint density at radius 3 is 2.44 bits per heavy atom. The van der Waals surface area contributed by atoms with Gasteiger partial charge in [0.05, 0.1) is 20.8 Å². The second-order valence-electron chi connectivity index (χ2n) is 6.56. The lowest BCUT2D eigenvalue weighted by molar-refractivity contribution is -0.149. The summed E-state index contributed by atoms with van der Waals surface area (Å²) in [7, 11) is 2.99. The summed E-state index contributed by atoms with van der Waals surface area (Å²) in [5, 5.41) is 9.26. The van der Waals surface area contributed by atoms with Gasteiger partial charge in [0.1, 0.15) is 17.1 Å². The van der Waals surface area contributed by atoms with E-state index in [-0.39, 0.29) is 6.54 Å². The Hall–Kier alpha value is -2.48. The van der Waals surface area contributed by atoms with Crippen molar-refractivity contribution in [1.29, 1.82) is 0 Å². The van der Waals surface area contributed by atoms with Crippen LogP contribution in [0.15, 0.2) is 18.2 Å². The molecule has 1 fully saturated rings. The molecule has 1 aliphatic heterocycles. The molecule has 2 rings (SSSR count). The Kier molecular flexibility index (Phi) is 5.42. The van der Waals surface area contributed by atoms with Crippen molar-refractivity contribution in [2.45, 2.75) is 38.7 Å². The van der Waals surface area contributed by atoms with Crippen molar-refractivity contribution < 1.29 is 33.6 Å². The van der Waals surface area contributed by atoms with Gasteiger partial charge in [-0.05, 0) is 32.9 Å². The number of hydrogen-bond acceptors (Lipinski definition) is 6. The number of benzene rings is 1. The first-order chi connectivity index (χ1) is 11.7. The third-order valence-corrected chi connectivity index (χ3v) is 3.55. The van der Waals surface area contributed by atoms with Gasteiger partial charge in [-0.1, -0.05) is 0 Å². The highest BCUT2D eigenvalue weighted by Crippen LogP contribution is 2.38. The molecule has 8 heteroatoms. The fourth-order valence-corrected chi connectivity index (χ4v) is 2.44. The van der Waals surface area contributed by atoms with Crippen LogP contribution in [0.25, 0.3) is 0 Å². The zero-order chi connectivity index (χ0) is 18.8. The minimum atomic E-state index is -1.15. The van der Waals surface area contributed by atoms with Gasteiger partial charge in [-0.25, -0.2) is 9.59 Å². The number of carbonyl (C=O) groups excluding carboxylic acids is 1. The molecule has 0 spiro atoms. The van der Waals surface area contributed by atoms with E-state index in [1.807, 2.05) is 0 Å². The molecule has 2 unspecified atom stereocenters. The molecule has 0 bridgehead atoms. The molecule has 1 aliphatic rings. The van der Waals surface area contributed by atoms with Gasteiger partial charge in [0.15, 0.2) is 12.3 Å². The van der Waals surface area contributed by atoms with Crippen molar-refractivity contribution in [3.8, 4) is 11.5 Å². The summed E-state index contributed by atoms with van der Waals surface area (Å²) in [6, 6.07) is 4.99. The minimum Gasteiger partial charge on any atom is -0.497 e. The van der Waals surface area contributed by atoms with Crippen LogP contribution in [0.3, 0.4) is 0 Å². The van der Waals surface area contributed by atoms with E-state index in [9.17, 15) is 14.7 Å². The van der Waals surface area contributed by atoms with E-state index in [2.05, 4.69) is 0 Å². The van der Waals surface area contributed by atoms with Gasteiger partial charge in [0.2, 0.25) is 0 Å². The SMILES string of the molecule is COc1ccc(C2OC(C(=O)O)CN2C(=O)OC(C)(C)C)c(OC)c1. The molecule has 2 atom stereocenters. The normalized spacial score (nSPS) is 20.3. The number of carboxylic acids is 1. The number of methoxy groups -OCH3 is 2. The predicted octanol–water partition coefficient (Wildman–Crippen LogP) is 2.42. The molecule has 0 aromatic heterocycles. The van der Waals surface area contributed by atoms with Crippen LogP contribution in [0, 0.1) is 0 Å². The van der Waals surface area contributed by atoms with Gasteiger partial charge >= 0.3 is 12.1 Å². The number of nitrogens with zero attached hydrogens (tertiary/aromatic N) is 1. The van der Waals surface area contributed by atoms with Crippen LogP contribution in [0.5, 0.6) is 11.5 Å². The zero-order valence-electron chi connectivity index (χ0n) is 14.9. The van der Waals surface area contributed by atoms with Crippen molar-refractivity contribution in [3.05, 3.63) is 23.8 Å². The highest BCUT2D eigenvalue weighted by Gasteiger charge is 2.43. The maximum absolute atomic E-state index is 12.5. The first kappa shape index (κ1) is 18.9. The molecule has 1 aromatic rings. The molecule has 1 heterocycles. The minimum absolute atomic E-state index is 0.121. The Labute approximate surface area is 146 Å². The largest absolute Gasteiger partial charge is 0.497 e. The quantitative estimate of drug-likeness (QED) is 0.888. The lowest BCUT2D eigenvalue weighted by Gasteiger charge is -2.28. The Balaban J connectivity index is 2.38. The third-order valence-electron chi connectivity index (χ3n) is 3.55. The van der Waals surface area contributed by atoms with Crippen LogP contribution in [0.1, 0.15) is 32.6 Å². The van der Waals surface area contributed by atoms with Crippen molar-refractivity contribution in [3.63, 3.8) is 0 Å². The van der Waals surface area contributed by atoms with Crippen LogP contribution >= 0.6 is 0 Å². The topological polar surface area (TPSA) is 94.5 Å². The average Bonchev–Trinajstić information content (AvgIpc) is 2.98. The predicted molar refractivity (Wildman–Crippen MR) is 87.7 cm³/mol. The average molecular weight is 353 g/mol. The summed E-state index contributed by atoms with van der Waals surface area (Å²) in [4.78, 5) is 25.1. The number of ether oxygens (including phenoxy) is 4. The highest BCUT2D eigenvalue weighted by molar-refractivity contribution is 5.76. The molecule has 0 aliphatic carbocycles. The van der Waals surface area contributed by atoms with E-state index in [0.717, 1.165) is 0 Å². The second kappa shape index (κ2) is 7.18. The van der Waals surface area contributed by atoms with E-state index in [1.165, 1.54) is 19.1 Å². The molecule has 1 amide bonds. The summed E-state index contributed by atoms with van der Waals surface area (Å²) in [5.74, 6) is -0.162. The van der Waals surface area contributed by atoms with Crippen molar-refractivity contribution >= 4 is 12.1 Å². The van der Waals surface area contributed by atoms with Crippen LogP contribution in [0.4, 0.5) is 4.79 Å². The van der Waals surface area contributed by atoms with Crippen molar-refractivity contribution in [2.75, 3.05) is 20.8 Å². The number of hydrogen-bond donors (Lipinski definition) is 1. The summed E-state index contributed by atoms with van der Waals surface area (Å²) >= 11 is 0. The van der Waals surface area contributed by atoms with Crippen LogP contribution in [-0.4, -0.2) is 54.5 Å². The second-order valence-corrected chi connectivity index (χ2v) is 6.56. The third kappa shape index (κ3) is 4.33. The van der Waals surface area contributed by atoms with Gasteiger partial charge in [0, 0.05) is 11.6 Å². The maximum atomic E-state index is 12.5. The lowest BCUT2D eigenvalue weighted by atomic mass is 10.1. The molecule has 0 saturated carbocycles. The smallest absolute Gasteiger partial charge is 0.412 e. The summed E-state index contributed by atoms with van der Waals surface area (Å²) < 4.78 is 21.4. The summed E-state index contributed by atoms with van der Waals surface area (Å²) in [6.45, 7) is 5.09. The van der Waals surface area contributed by atoms with E-state index in [0.29, 0.717) is 17.1 Å². The lowest BCUT2D eigenvalue weighted by Crippen LogP contribution is -2.38. The highest BCUT2D eigenvalue weighted by atomic mass is 16.6. The number of aliphatic carboxylic acids is 1. The van der Waals surface area contributed by atoms with E-state index >= 15 is 0 Å². The van der Waals surface area contributed by atoms with Gasteiger partial charge in [-0.2, -0.15) is 0 Å². The molecule has 8 nitrogen and oxygen atoms in total. The molecule has 25 heavy (non-hydrogen) atoms. The van der Waals surface area contributed by atoms with Gasteiger partial charge in [-0.3, -0.25) is 4.90 Å². The number of carbonyl (C=O) groups is 2. The van der Waals surface area contributed by atoms with E-state index < -0.39 is 30.0 Å². The van der Waals surface area contributed by atoms with Crippen LogP contribution in [0.2, 0.25) is 0 Å². The summed E-state index contributed by atoms with van der Waals surface area (Å²) in [5.41, 5.74) is -0.203. The number of amides is 1. The number of carboxylic acid groups (broad SMARTS) is 1. The standard InChI is InChI=1S/C17H23NO7/c1-17(2,3)25-16(21)18-9-13(15(19)20)24-14(18)11-7-6-10(22-4)8-12(11)23-5/h6-8,13-14H,9H2,1-5H3,(H,19,20). The van der Waals surface area contributed by atoms with E-state index in [4.69, 9.17) is 18.9 Å². The van der Waals surface area contributed by atoms with Gasteiger partial charge in [-0.15, -0.1) is 0 Å². The monoisotopic (exact) mass is 353 g/mol. The first-order valence-corrected chi connectivity index (χ1v) is 7.76.